The van der Waals surface area contributed by atoms with E-state index in [-0.39, 0.29) is 42.3 Å². The number of carbonyl (C=O) groups excluding carboxylic acids is 1. The van der Waals surface area contributed by atoms with E-state index in [1.54, 1.807) is 25.1 Å². The van der Waals surface area contributed by atoms with Crippen molar-refractivity contribution in [2.45, 2.75) is 69.1 Å². The number of fused-ring (bicyclic) bond motifs is 3. The van der Waals surface area contributed by atoms with Gasteiger partial charge in [0.25, 0.3) is 0 Å². The Bertz CT molecular complexity index is 1770. The SMILES string of the molecule is COCCCc1cccc2cccc(-c3ncc4c(N5CC(F)CC(C)(NC=O)C5)nc(OCC56CCCN5CCC6)nc4c3F)c12. The van der Waals surface area contributed by atoms with Crippen LogP contribution in [0.25, 0.3) is 32.9 Å². The summed E-state index contributed by atoms with van der Waals surface area (Å²) in [7, 11) is 1.69. The molecular formula is C36H42F2N6O3. The van der Waals surface area contributed by atoms with E-state index in [2.05, 4.69) is 26.3 Å². The molecule has 0 bridgehead atoms. The zero-order valence-electron chi connectivity index (χ0n) is 27.1. The lowest BCUT2D eigenvalue weighted by Gasteiger charge is -2.42. The number of carbonyl (C=O) groups is 1. The fourth-order valence-electron chi connectivity index (χ4n) is 8.16. The predicted octanol–water partition coefficient (Wildman–Crippen LogP) is 5.62. The highest BCUT2D eigenvalue weighted by Gasteiger charge is 2.45. The lowest BCUT2D eigenvalue weighted by atomic mass is 9.90. The number of halogens is 2. The topological polar surface area (TPSA) is 92.7 Å². The number of amides is 1. The molecule has 2 aromatic heterocycles. The first-order valence-electron chi connectivity index (χ1n) is 16.7. The minimum Gasteiger partial charge on any atom is -0.461 e. The normalized spacial score (nSPS) is 22.6. The van der Waals surface area contributed by atoms with Gasteiger partial charge in [-0.2, -0.15) is 9.97 Å². The summed E-state index contributed by atoms with van der Waals surface area (Å²) in [5.74, 6) is -0.242. The van der Waals surface area contributed by atoms with E-state index in [0.717, 1.165) is 68.0 Å². The molecule has 3 aliphatic rings. The summed E-state index contributed by atoms with van der Waals surface area (Å²) in [4.78, 5) is 29.8. The number of alkyl halides is 1. The van der Waals surface area contributed by atoms with E-state index < -0.39 is 17.5 Å². The molecule has 11 heteroatoms. The van der Waals surface area contributed by atoms with Crippen LogP contribution in [0.1, 0.15) is 51.0 Å². The van der Waals surface area contributed by atoms with Crippen LogP contribution in [0.4, 0.5) is 14.6 Å². The fraction of sp³-hybridized carbons (Fsp3) is 0.500. The maximum absolute atomic E-state index is 17.0. The number of methoxy groups -OCH3 is 1. The molecule has 4 aromatic rings. The Balaban J connectivity index is 1.35. The average Bonchev–Trinajstić information content (AvgIpc) is 3.64. The van der Waals surface area contributed by atoms with E-state index in [1.807, 2.05) is 30.3 Å². The van der Waals surface area contributed by atoms with Crippen molar-refractivity contribution in [1.29, 1.82) is 0 Å². The Kier molecular flexibility index (Phi) is 8.69. The second kappa shape index (κ2) is 12.9. The van der Waals surface area contributed by atoms with E-state index in [4.69, 9.17) is 14.5 Å². The summed E-state index contributed by atoms with van der Waals surface area (Å²) in [6.07, 6.45) is 7.01. The molecule has 248 valence electrons. The first kappa shape index (κ1) is 31.6. The number of pyridine rings is 1. The summed E-state index contributed by atoms with van der Waals surface area (Å²) < 4.78 is 43.8. The highest BCUT2D eigenvalue weighted by Crippen LogP contribution is 2.41. The van der Waals surface area contributed by atoms with Crippen LogP contribution in [-0.2, 0) is 16.0 Å². The van der Waals surface area contributed by atoms with Gasteiger partial charge in [-0.3, -0.25) is 14.7 Å². The summed E-state index contributed by atoms with van der Waals surface area (Å²) in [6, 6.07) is 12.0. The first-order valence-corrected chi connectivity index (χ1v) is 16.7. The molecule has 2 unspecified atom stereocenters. The lowest BCUT2D eigenvalue weighted by molar-refractivity contribution is -0.111. The summed E-state index contributed by atoms with van der Waals surface area (Å²) in [5, 5.41) is 5.08. The van der Waals surface area contributed by atoms with E-state index in [9.17, 15) is 4.79 Å². The van der Waals surface area contributed by atoms with Crippen molar-refractivity contribution in [2.75, 3.05) is 51.4 Å². The molecule has 5 heterocycles. The molecule has 7 rings (SSSR count). The van der Waals surface area contributed by atoms with Crippen molar-refractivity contribution in [2.24, 2.45) is 0 Å². The number of ether oxygens (including phenoxy) is 2. The van der Waals surface area contributed by atoms with Crippen LogP contribution in [0.15, 0.2) is 42.6 Å². The molecule has 1 N–H and O–H groups in total. The van der Waals surface area contributed by atoms with Gasteiger partial charge in [-0.15, -0.1) is 0 Å². The molecule has 3 aliphatic heterocycles. The van der Waals surface area contributed by atoms with Crippen molar-refractivity contribution < 1.29 is 23.0 Å². The number of aromatic nitrogens is 3. The Morgan fingerprint density at radius 3 is 2.68 bits per heavy atom. The third-order valence-corrected chi connectivity index (χ3v) is 10.3. The van der Waals surface area contributed by atoms with Crippen molar-refractivity contribution in [3.8, 4) is 17.3 Å². The van der Waals surface area contributed by atoms with Crippen molar-refractivity contribution in [1.82, 2.24) is 25.2 Å². The van der Waals surface area contributed by atoms with Gasteiger partial charge in [0.1, 0.15) is 29.8 Å². The van der Waals surface area contributed by atoms with Gasteiger partial charge in [-0.1, -0.05) is 36.4 Å². The Hall–Kier alpha value is -3.96. The van der Waals surface area contributed by atoms with Crippen LogP contribution in [0, 0.1) is 5.82 Å². The molecule has 0 saturated carbocycles. The van der Waals surface area contributed by atoms with Gasteiger partial charge in [0, 0.05) is 38.4 Å². The molecule has 2 atom stereocenters. The van der Waals surface area contributed by atoms with Crippen LogP contribution in [-0.4, -0.2) is 90.0 Å². The maximum Gasteiger partial charge on any atom is 0.319 e. The molecule has 0 spiro atoms. The molecule has 1 amide bonds. The molecule has 2 aromatic carbocycles. The minimum atomic E-state index is -1.23. The second-order valence-corrected chi connectivity index (χ2v) is 13.6. The van der Waals surface area contributed by atoms with Gasteiger partial charge in [0.15, 0.2) is 5.82 Å². The molecule has 0 aliphatic carbocycles. The van der Waals surface area contributed by atoms with Crippen molar-refractivity contribution in [3.05, 3.63) is 54.0 Å². The summed E-state index contributed by atoms with van der Waals surface area (Å²) in [5.41, 5.74) is 1.12. The first-order chi connectivity index (χ1) is 22.8. The smallest absolute Gasteiger partial charge is 0.319 e. The van der Waals surface area contributed by atoms with Gasteiger partial charge >= 0.3 is 6.01 Å². The largest absolute Gasteiger partial charge is 0.461 e. The van der Waals surface area contributed by atoms with Crippen LogP contribution in [0.2, 0.25) is 0 Å². The maximum atomic E-state index is 17.0. The number of anilines is 1. The van der Waals surface area contributed by atoms with Crippen molar-refractivity contribution >= 4 is 33.9 Å². The third kappa shape index (κ3) is 5.99. The van der Waals surface area contributed by atoms with Gasteiger partial charge in [0.2, 0.25) is 6.41 Å². The molecule has 0 radical (unpaired) electrons. The van der Waals surface area contributed by atoms with Gasteiger partial charge in [-0.25, -0.2) is 8.78 Å². The fourth-order valence-corrected chi connectivity index (χ4v) is 8.16. The van der Waals surface area contributed by atoms with Crippen LogP contribution in [0.3, 0.4) is 0 Å². The quantitative estimate of drug-likeness (QED) is 0.166. The Morgan fingerprint density at radius 2 is 1.91 bits per heavy atom. The molecule has 9 nitrogen and oxygen atoms in total. The zero-order valence-corrected chi connectivity index (χ0v) is 27.1. The number of nitrogens with one attached hydrogen (secondary N) is 1. The van der Waals surface area contributed by atoms with E-state index in [1.165, 1.54) is 0 Å². The minimum absolute atomic E-state index is 0.0386. The van der Waals surface area contributed by atoms with Crippen molar-refractivity contribution in [3.63, 3.8) is 0 Å². The Labute approximate surface area is 273 Å². The summed E-state index contributed by atoms with van der Waals surface area (Å²) in [6.45, 7) is 5.25. The molecular weight excluding hydrogens is 602 g/mol. The van der Waals surface area contributed by atoms with E-state index in [0.29, 0.717) is 36.4 Å². The number of aryl methyl sites for hydroxylation is 1. The number of rotatable bonds is 11. The van der Waals surface area contributed by atoms with Gasteiger partial charge < -0.3 is 19.7 Å². The van der Waals surface area contributed by atoms with Gasteiger partial charge in [0.05, 0.1) is 23.0 Å². The van der Waals surface area contributed by atoms with Crippen LogP contribution < -0.4 is 15.0 Å². The Morgan fingerprint density at radius 1 is 1.13 bits per heavy atom. The zero-order chi connectivity index (χ0) is 32.6. The van der Waals surface area contributed by atoms with Crippen LogP contribution in [0.5, 0.6) is 6.01 Å². The summed E-state index contributed by atoms with van der Waals surface area (Å²) >= 11 is 0. The molecule has 3 saturated heterocycles. The lowest BCUT2D eigenvalue weighted by Crippen LogP contribution is -2.58. The highest BCUT2D eigenvalue weighted by atomic mass is 19.1. The number of benzene rings is 2. The number of piperidine rings is 1. The highest BCUT2D eigenvalue weighted by molar-refractivity contribution is 6.00. The predicted molar refractivity (Wildman–Crippen MR) is 178 cm³/mol. The number of hydrogen-bond acceptors (Lipinski definition) is 8. The van der Waals surface area contributed by atoms with E-state index >= 15 is 8.78 Å². The van der Waals surface area contributed by atoms with Gasteiger partial charge in [-0.05, 0) is 74.9 Å². The average molecular weight is 645 g/mol. The second-order valence-electron chi connectivity index (χ2n) is 13.6. The monoisotopic (exact) mass is 644 g/mol. The standard InChI is InChI=1S/C36H42F2N6O3/c1-35(40-23-45)18-26(37)20-43(21-35)33-28-19-39-31(27-12-4-10-24-8-3-9-25(29(24)27)11-5-17-46-2)30(38)32(28)41-34(42-33)47-22-36-13-6-15-44(36)16-7-14-36/h3-4,8-10,12,19,23,26H,5-7,11,13-18,20-22H2,1-2H3,(H,40,45). The number of nitrogens with zero attached hydrogens (tertiary/aromatic N) is 5. The number of hydrogen-bond donors (Lipinski definition) is 1. The van der Waals surface area contributed by atoms with Crippen LogP contribution >= 0.6 is 0 Å². The molecule has 3 fully saturated rings. The molecule has 47 heavy (non-hydrogen) atoms. The third-order valence-electron chi connectivity index (χ3n) is 10.3.